The molecule has 2 aromatic rings. The second-order valence-corrected chi connectivity index (χ2v) is 11.3. The largest absolute Gasteiger partial charge is 0.300 e. The Balaban J connectivity index is 2.03. The maximum Gasteiger partial charge on any atom is 0.129 e. The number of hydrogen-bond donors (Lipinski definition) is 1. The molecule has 0 aliphatic rings. The molecule has 1 unspecified atom stereocenters. The van der Waals surface area contributed by atoms with Gasteiger partial charge in [0, 0.05) is 6.54 Å². The average molecular weight is 308 g/mol. The van der Waals surface area contributed by atoms with Crippen LogP contribution in [-0.2, 0) is 6.42 Å². The zero-order valence-electron chi connectivity index (χ0n) is 13.8. The Morgan fingerprint density at radius 1 is 0.909 bits per heavy atom. The van der Waals surface area contributed by atoms with Gasteiger partial charge in [0.2, 0.25) is 0 Å². The van der Waals surface area contributed by atoms with Crippen LogP contribution in [0, 0.1) is 11.5 Å². The highest BCUT2D eigenvalue weighted by atomic mass is 28.3. The normalized spacial score (nSPS) is 12.3. The summed E-state index contributed by atoms with van der Waals surface area (Å²) in [5.41, 5.74) is 6.11. The summed E-state index contributed by atoms with van der Waals surface area (Å²) in [6, 6.07) is 21.2. The predicted octanol–water partition coefficient (Wildman–Crippen LogP) is 4.44. The van der Waals surface area contributed by atoms with E-state index in [0.717, 1.165) is 13.0 Å². The topological polar surface area (TPSA) is 12.0 Å². The Hall–Kier alpha value is -1.82. The second kappa shape index (κ2) is 7.98. The van der Waals surface area contributed by atoms with E-state index in [2.05, 4.69) is 97.1 Å². The molecule has 1 N–H and O–H groups in total. The van der Waals surface area contributed by atoms with Gasteiger partial charge in [-0.05, 0) is 17.5 Å². The monoisotopic (exact) mass is 307 g/mol. The third-order valence-corrected chi connectivity index (χ3v) is 4.22. The molecule has 2 rings (SSSR count). The van der Waals surface area contributed by atoms with Crippen LogP contribution in [0.25, 0.3) is 0 Å². The van der Waals surface area contributed by atoms with Crippen LogP contribution in [0.3, 0.4) is 0 Å². The van der Waals surface area contributed by atoms with Crippen molar-refractivity contribution in [2.45, 2.75) is 32.1 Å². The molecule has 0 spiro atoms. The van der Waals surface area contributed by atoms with Gasteiger partial charge in [0.1, 0.15) is 8.07 Å². The van der Waals surface area contributed by atoms with Gasteiger partial charge in [-0.15, -0.1) is 5.54 Å². The highest BCUT2D eigenvalue weighted by Crippen LogP contribution is 2.12. The lowest BCUT2D eigenvalue weighted by molar-refractivity contribution is 0.635. The van der Waals surface area contributed by atoms with Crippen LogP contribution < -0.4 is 5.32 Å². The van der Waals surface area contributed by atoms with E-state index < -0.39 is 8.07 Å². The molecular weight excluding hydrogens is 282 g/mol. The summed E-state index contributed by atoms with van der Waals surface area (Å²) in [6.45, 7) is 7.79. The van der Waals surface area contributed by atoms with Crippen LogP contribution in [0.15, 0.2) is 60.7 Å². The maximum atomic E-state index is 3.61. The smallest absolute Gasteiger partial charge is 0.129 e. The van der Waals surface area contributed by atoms with Gasteiger partial charge in [-0.3, -0.25) is 5.32 Å². The first-order chi connectivity index (χ1) is 10.5. The van der Waals surface area contributed by atoms with E-state index in [1.54, 1.807) is 0 Å². The Kier molecular flexibility index (Phi) is 6.00. The summed E-state index contributed by atoms with van der Waals surface area (Å²) in [5.74, 6) is 3.46. The molecule has 0 bridgehead atoms. The van der Waals surface area contributed by atoms with Gasteiger partial charge in [0.05, 0.1) is 6.04 Å². The average Bonchev–Trinajstić information content (AvgIpc) is 2.51. The van der Waals surface area contributed by atoms with E-state index in [0.29, 0.717) is 0 Å². The van der Waals surface area contributed by atoms with Crippen molar-refractivity contribution in [3.8, 4) is 11.5 Å². The molecule has 0 aromatic heterocycles. The highest BCUT2D eigenvalue weighted by Gasteiger charge is 2.11. The number of hydrogen-bond acceptors (Lipinski definition) is 1. The molecule has 1 nitrogen and oxygen atoms in total. The molecule has 0 radical (unpaired) electrons. The van der Waals surface area contributed by atoms with Gasteiger partial charge < -0.3 is 0 Å². The van der Waals surface area contributed by atoms with E-state index in [1.165, 1.54) is 11.1 Å². The van der Waals surface area contributed by atoms with Gasteiger partial charge in [-0.2, -0.15) is 0 Å². The zero-order valence-corrected chi connectivity index (χ0v) is 14.8. The predicted molar refractivity (Wildman–Crippen MR) is 98.5 cm³/mol. The van der Waals surface area contributed by atoms with Gasteiger partial charge in [0.25, 0.3) is 0 Å². The third-order valence-electron chi connectivity index (χ3n) is 3.33. The first-order valence-corrected chi connectivity index (χ1v) is 11.4. The lowest BCUT2D eigenvalue weighted by Gasteiger charge is -2.15. The molecule has 0 amide bonds. The SMILES string of the molecule is C[Si](C)(C)C#CC(NCCc1ccccc1)c1ccccc1. The van der Waals surface area contributed by atoms with E-state index in [9.17, 15) is 0 Å². The fourth-order valence-corrected chi connectivity index (χ4v) is 2.77. The van der Waals surface area contributed by atoms with Crippen molar-refractivity contribution in [3.63, 3.8) is 0 Å². The number of nitrogens with one attached hydrogen (secondary N) is 1. The van der Waals surface area contributed by atoms with Crippen LogP contribution in [0.5, 0.6) is 0 Å². The highest BCUT2D eigenvalue weighted by molar-refractivity contribution is 6.83. The fourth-order valence-electron chi connectivity index (χ4n) is 2.19. The zero-order chi connectivity index (χ0) is 15.8. The molecule has 1 atom stereocenters. The number of benzene rings is 2. The molecule has 2 aromatic carbocycles. The summed E-state index contributed by atoms with van der Waals surface area (Å²) in [5, 5.41) is 3.61. The molecule has 0 heterocycles. The minimum Gasteiger partial charge on any atom is -0.300 e. The molecule has 0 fully saturated rings. The van der Waals surface area contributed by atoms with Crippen LogP contribution >= 0.6 is 0 Å². The molecule has 0 saturated heterocycles. The Morgan fingerprint density at radius 2 is 1.50 bits per heavy atom. The fraction of sp³-hybridized carbons (Fsp3) is 0.300. The number of rotatable bonds is 5. The second-order valence-electron chi connectivity index (χ2n) is 6.55. The Bertz CT molecular complexity index is 617. The van der Waals surface area contributed by atoms with Crippen molar-refractivity contribution < 1.29 is 0 Å². The van der Waals surface area contributed by atoms with Gasteiger partial charge in [-0.1, -0.05) is 86.2 Å². The van der Waals surface area contributed by atoms with E-state index in [1.807, 2.05) is 0 Å². The minimum atomic E-state index is -1.36. The Morgan fingerprint density at radius 3 is 2.09 bits per heavy atom. The van der Waals surface area contributed by atoms with Crippen LogP contribution in [0.4, 0.5) is 0 Å². The van der Waals surface area contributed by atoms with Crippen molar-refractivity contribution >= 4 is 8.07 Å². The summed E-state index contributed by atoms with van der Waals surface area (Å²) in [6.07, 6.45) is 1.03. The Labute approximate surface area is 135 Å². The van der Waals surface area contributed by atoms with Crippen LogP contribution in [0.1, 0.15) is 17.2 Å². The van der Waals surface area contributed by atoms with Gasteiger partial charge in [-0.25, -0.2) is 0 Å². The van der Waals surface area contributed by atoms with E-state index in [-0.39, 0.29) is 6.04 Å². The first-order valence-electron chi connectivity index (χ1n) is 7.89. The van der Waals surface area contributed by atoms with Crippen molar-refractivity contribution in [2.75, 3.05) is 6.54 Å². The minimum absolute atomic E-state index is 0.122. The quantitative estimate of drug-likeness (QED) is 0.636. The van der Waals surface area contributed by atoms with E-state index >= 15 is 0 Å². The summed E-state index contributed by atoms with van der Waals surface area (Å²) in [4.78, 5) is 0. The molecular formula is C20H25NSi. The standard InChI is InChI=1S/C20H25NSi/c1-22(2,3)17-15-20(19-12-8-5-9-13-19)21-16-14-18-10-6-4-7-11-18/h4-13,20-21H,14,16H2,1-3H3. The lowest BCUT2D eigenvalue weighted by atomic mass is 10.1. The third kappa shape index (κ3) is 5.89. The van der Waals surface area contributed by atoms with Crippen molar-refractivity contribution in [3.05, 3.63) is 71.8 Å². The molecule has 114 valence electrons. The summed E-state index contributed by atoms with van der Waals surface area (Å²) < 4.78 is 0. The molecule has 22 heavy (non-hydrogen) atoms. The van der Waals surface area contributed by atoms with Crippen LogP contribution in [0.2, 0.25) is 19.6 Å². The lowest BCUT2D eigenvalue weighted by Crippen LogP contribution is -2.24. The molecule has 0 saturated carbocycles. The van der Waals surface area contributed by atoms with Crippen molar-refractivity contribution in [2.24, 2.45) is 0 Å². The van der Waals surface area contributed by atoms with Crippen LogP contribution in [-0.4, -0.2) is 14.6 Å². The van der Waals surface area contributed by atoms with Gasteiger partial charge >= 0.3 is 0 Å². The van der Waals surface area contributed by atoms with E-state index in [4.69, 9.17) is 0 Å². The molecule has 0 aliphatic carbocycles. The molecule has 2 heteroatoms. The van der Waals surface area contributed by atoms with Crippen molar-refractivity contribution in [1.82, 2.24) is 5.32 Å². The maximum absolute atomic E-state index is 3.61. The van der Waals surface area contributed by atoms with Gasteiger partial charge in [0.15, 0.2) is 0 Å². The van der Waals surface area contributed by atoms with Crippen molar-refractivity contribution in [1.29, 1.82) is 0 Å². The summed E-state index contributed by atoms with van der Waals surface area (Å²) >= 11 is 0. The summed E-state index contributed by atoms with van der Waals surface area (Å²) in [7, 11) is -1.36. The molecule has 0 aliphatic heterocycles. The first kappa shape index (κ1) is 16.5.